The number of hydrogen-bond acceptors (Lipinski definition) is 5. The van der Waals surface area contributed by atoms with Gasteiger partial charge < -0.3 is 15.6 Å². The number of imidazole rings is 1. The Labute approximate surface area is 193 Å². The van der Waals surface area contributed by atoms with Crippen LogP contribution >= 0.6 is 0 Å². The van der Waals surface area contributed by atoms with Crippen LogP contribution in [0.15, 0.2) is 36.9 Å². The first kappa shape index (κ1) is 22.2. The van der Waals surface area contributed by atoms with Crippen LogP contribution in [0, 0.1) is 0 Å². The number of fused-ring (bicyclic) bond motifs is 2. The zero-order valence-corrected chi connectivity index (χ0v) is 18.3. The predicted octanol–water partition coefficient (Wildman–Crippen LogP) is 4.35. The summed E-state index contributed by atoms with van der Waals surface area (Å²) in [6.07, 6.45) is 7.83. The number of pyridine rings is 1. The molecule has 11 heteroatoms. The van der Waals surface area contributed by atoms with Gasteiger partial charge in [0, 0.05) is 35.1 Å². The molecule has 0 radical (unpaired) electrons. The second-order valence-electron chi connectivity index (χ2n) is 8.61. The van der Waals surface area contributed by atoms with Gasteiger partial charge in [0.1, 0.15) is 22.7 Å². The maximum atomic E-state index is 14.9. The van der Waals surface area contributed by atoms with Crippen LogP contribution in [0.4, 0.5) is 19.1 Å². The van der Waals surface area contributed by atoms with Gasteiger partial charge in [0.05, 0.1) is 19.3 Å². The normalized spacial score (nSPS) is 15.8. The van der Waals surface area contributed by atoms with Crippen LogP contribution in [-0.4, -0.2) is 55.4 Å². The summed E-state index contributed by atoms with van der Waals surface area (Å²) in [4.78, 5) is 28.4. The largest absolute Gasteiger partial charge is 0.351 e. The molecule has 34 heavy (non-hydrogen) atoms. The van der Waals surface area contributed by atoms with E-state index in [1.165, 1.54) is 6.20 Å². The maximum Gasteiger partial charge on any atom is 0.270 e. The predicted molar refractivity (Wildman–Crippen MR) is 122 cm³/mol. The van der Waals surface area contributed by atoms with Gasteiger partial charge in [-0.1, -0.05) is 19.3 Å². The van der Waals surface area contributed by atoms with E-state index in [1.807, 2.05) is 6.07 Å². The highest BCUT2D eigenvalue weighted by atomic mass is 19.3. The van der Waals surface area contributed by atoms with Gasteiger partial charge in [-0.05, 0) is 25.0 Å². The van der Waals surface area contributed by atoms with Gasteiger partial charge in [-0.3, -0.25) is 9.20 Å². The molecule has 4 aromatic heterocycles. The molecular formula is C23H24F3N7O. The molecule has 0 unspecified atom stereocenters. The molecule has 5 rings (SSSR count). The van der Waals surface area contributed by atoms with Crippen molar-refractivity contribution in [3.8, 4) is 11.1 Å². The number of carbonyl (C=O) groups excluding carboxylic acids is 1. The molecule has 1 fully saturated rings. The Balaban J connectivity index is 1.39. The number of nitrogens with zero attached hydrogens (tertiary/aromatic N) is 4. The lowest BCUT2D eigenvalue weighted by Gasteiger charge is -2.29. The first-order valence-corrected chi connectivity index (χ1v) is 11.2. The summed E-state index contributed by atoms with van der Waals surface area (Å²) < 4.78 is 41.4. The minimum absolute atomic E-state index is 0.156. The van der Waals surface area contributed by atoms with Crippen LogP contribution in [0.2, 0.25) is 0 Å². The van der Waals surface area contributed by atoms with Crippen molar-refractivity contribution in [1.29, 1.82) is 0 Å². The number of nitrogens with one attached hydrogen (secondary N) is 3. The molecule has 8 nitrogen and oxygen atoms in total. The molecule has 0 aliphatic heterocycles. The topological polar surface area (TPSA) is 100 Å². The Morgan fingerprint density at radius 2 is 2.00 bits per heavy atom. The fraction of sp³-hybridized carbons (Fsp3) is 0.391. The second-order valence-corrected chi connectivity index (χ2v) is 8.61. The Morgan fingerprint density at radius 3 is 2.79 bits per heavy atom. The first-order chi connectivity index (χ1) is 16.4. The van der Waals surface area contributed by atoms with E-state index < -0.39 is 24.5 Å². The van der Waals surface area contributed by atoms with Crippen molar-refractivity contribution >= 4 is 28.5 Å². The SMILES string of the molecule is O=C(NCC(F)F)c1cnc2ccc(-c3c[nH]c4nc(NCC5(F)CCCCC5)ncc34)cn12. The van der Waals surface area contributed by atoms with Gasteiger partial charge >= 0.3 is 0 Å². The molecule has 4 aromatic rings. The fourth-order valence-corrected chi connectivity index (χ4v) is 4.40. The first-order valence-electron chi connectivity index (χ1n) is 11.2. The Kier molecular flexibility index (Phi) is 5.84. The van der Waals surface area contributed by atoms with Crippen LogP contribution in [0.25, 0.3) is 27.8 Å². The highest BCUT2D eigenvalue weighted by Crippen LogP contribution is 2.32. The summed E-state index contributed by atoms with van der Waals surface area (Å²) in [7, 11) is 0. The number of anilines is 1. The average Bonchev–Trinajstić information content (AvgIpc) is 3.45. The van der Waals surface area contributed by atoms with Gasteiger partial charge in [0.15, 0.2) is 0 Å². The van der Waals surface area contributed by atoms with E-state index >= 15 is 0 Å². The molecule has 0 spiro atoms. The minimum Gasteiger partial charge on any atom is -0.351 e. The van der Waals surface area contributed by atoms with Crippen LogP contribution < -0.4 is 10.6 Å². The number of carbonyl (C=O) groups is 1. The quantitative estimate of drug-likeness (QED) is 0.372. The van der Waals surface area contributed by atoms with Gasteiger partial charge in [-0.25, -0.2) is 23.1 Å². The van der Waals surface area contributed by atoms with E-state index in [4.69, 9.17) is 0 Å². The number of rotatable bonds is 7. The highest BCUT2D eigenvalue weighted by molar-refractivity contribution is 5.95. The molecule has 4 heterocycles. The van der Waals surface area contributed by atoms with Gasteiger partial charge in [0.25, 0.3) is 12.3 Å². The summed E-state index contributed by atoms with van der Waals surface area (Å²) >= 11 is 0. The smallest absolute Gasteiger partial charge is 0.270 e. The molecule has 0 bridgehead atoms. The van der Waals surface area contributed by atoms with Gasteiger partial charge in [-0.2, -0.15) is 4.98 Å². The molecule has 0 atom stereocenters. The van der Waals surface area contributed by atoms with E-state index in [9.17, 15) is 18.0 Å². The Hall–Kier alpha value is -3.63. The van der Waals surface area contributed by atoms with E-state index in [0.29, 0.717) is 30.1 Å². The van der Waals surface area contributed by atoms with Crippen molar-refractivity contribution in [1.82, 2.24) is 29.7 Å². The molecule has 1 saturated carbocycles. The van der Waals surface area contributed by atoms with E-state index in [0.717, 1.165) is 35.8 Å². The van der Waals surface area contributed by atoms with Crippen molar-refractivity contribution in [2.75, 3.05) is 18.4 Å². The van der Waals surface area contributed by atoms with Crippen molar-refractivity contribution in [3.05, 3.63) is 42.6 Å². The van der Waals surface area contributed by atoms with E-state index in [2.05, 4.69) is 30.6 Å². The van der Waals surface area contributed by atoms with E-state index in [-0.39, 0.29) is 12.2 Å². The number of hydrogen-bond donors (Lipinski definition) is 3. The lowest BCUT2D eigenvalue weighted by molar-refractivity contribution is 0.0886. The van der Waals surface area contributed by atoms with Gasteiger partial charge in [0.2, 0.25) is 5.95 Å². The van der Waals surface area contributed by atoms with Crippen molar-refractivity contribution in [2.24, 2.45) is 0 Å². The third-order valence-corrected chi connectivity index (χ3v) is 6.21. The van der Waals surface area contributed by atoms with Crippen LogP contribution in [0.1, 0.15) is 42.6 Å². The zero-order valence-electron chi connectivity index (χ0n) is 18.3. The third kappa shape index (κ3) is 4.42. The highest BCUT2D eigenvalue weighted by Gasteiger charge is 2.31. The van der Waals surface area contributed by atoms with E-state index in [1.54, 1.807) is 29.1 Å². The Morgan fingerprint density at radius 1 is 1.18 bits per heavy atom. The molecule has 178 valence electrons. The summed E-state index contributed by atoms with van der Waals surface area (Å²) in [6, 6.07) is 3.58. The summed E-state index contributed by atoms with van der Waals surface area (Å²) in [5, 5.41) is 5.98. The number of H-pyrrole nitrogens is 1. The number of aromatic nitrogens is 5. The zero-order chi connectivity index (χ0) is 23.7. The lowest BCUT2D eigenvalue weighted by atomic mass is 9.86. The fourth-order valence-electron chi connectivity index (χ4n) is 4.40. The molecule has 1 aliphatic carbocycles. The molecule has 1 aliphatic rings. The second kappa shape index (κ2) is 8.96. The maximum absolute atomic E-state index is 14.9. The molecule has 3 N–H and O–H groups in total. The molecule has 1 amide bonds. The number of halogens is 3. The monoisotopic (exact) mass is 471 g/mol. The van der Waals surface area contributed by atoms with Crippen molar-refractivity contribution in [3.63, 3.8) is 0 Å². The van der Waals surface area contributed by atoms with Crippen LogP contribution in [0.3, 0.4) is 0 Å². The number of amides is 1. The molecular weight excluding hydrogens is 447 g/mol. The Bertz CT molecular complexity index is 1330. The standard InChI is InChI=1S/C23H24F3N7O/c24-18(25)11-29-21(34)17-10-27-19-5-4-14(12-33(17)19)15-8-28-20-16(15)9-30-22(32-20)31-13-23(26)6-2-1-3-7-23/h4-5,8-10,12,18H,1-3,6-7,11,13H2,(H,29,34)(H2,28,30,31,32). The summed E-state index contributed by atoms with van der Waals surface area (Å²) in [5.74, 6) is -0.280. The summed E-state index contributed by atoms with van der Waals surface area (Å²) in [6.45, 7) is -0.550. The number of aromatic amines is 1. The van der Waals surface area contributed by atoms with Crippen molar-refractivity contribution in [2.45, 2.75) is 44.2 Å². The van der Waals surface area contributed by atoms with Crippen molar-refractivity contribution < 1.29 is 18.0 Å². The average molecular weight is 471 g/mol. The summed E-state index contributed by atoms with van der Waals surface area (Å²) in [5.41, 5.74) is 1.58. The minimum atomic E-state index is -2.64. The van der Waals surface area contributed by atoms with Crippen LogP contribution in [0.5, 0.6) is 0 Å². The third-order valence-electron chi connectivity index (χ3n) is 6.21. The number of alkyl halides is 3. The molecule has 0 aromatic carbocycles. The molecule has 0 saturated heterocycles. The van der Waals surface area contributed by atoms with Crippen LogP contribution in [-0.2, 0) is 0 Å². The lowest BCUT2D eigenvalue weighted by Crippen LogP contribution is -2.34. The van der Waals surface area contributed by atoms with Gasteiger partial charge in [-0.15, -0.1) is 0 Å².